The minimum Gasteiger partial charge on any atom is -0.383 e. The van der Waals surface area contributed by atoms with Crippen molar-refractivity contribution < 1.29 is 4.74 Å². The zero-order chi connectivity index (χ0) is 10.6. The number of nitrogens with zero attached hydrogens (tertiary/aromatic N) is 2. The lowest BCUT2D eigenvalue weighted by Gasteiger charge is -2.38. The van der Waals surface area contributed by atoms with Crippen LogP contribution in [0.15, 0.2) is 0 Å². The topological polar surface area (TPSA) is 41.7 Å². The summed E-state index contributed by atoms with van der Waals surface area (Å²) in [5, 5.41) is 0. The van der Waals surface area contributed by atoms with Gasteiger partial charge in [-0.1, -0.05) is 0 Å². The molecular formula is C10H23N3O. The number of rotatable bonds is 4. The van der Waals surface area contributed by atoms with Crippen molar-refractivity contribution in [2.24, 2.45) is 5.73 Å². The molecule has 0 bridgehead atoms. The highest BCUT2D eigenvalue weighted by atomic mass is 16.5. The monoisotopic (exact) mass is 201 g/mol. The molecule has 84 valence electrons. The van der Waals surface area contributed by atoms with Crippen molar-refractivity contribution in [1.82, 2.24) is 9.80 Å². The molecule has 4 nitrogen and oxygen atoms in total. The van der Waals surface area contributed by atoms with Crippen LogP contribution in [0.25, 0.3) is 0 Å². The van der Waals surface area contributed by atoms with E-state index < -0.39 is 0 Å². The average Bonchev–Trinajstić information content (AvgIpc) is 2.12. The van der Waals surface area contributed by atoms with Crippen molar-refractivity contribution >= 4 is 0 Å². The molecule has 0 aromatic rings. The second kappa shape index (κ2) is 5.66. The van der Waals surface area contributed by atoms with Crippen molar-refractivity contribution in [3.05, 3.63) is 0 Å². The lowest BCUT2D eigenvalue weighted by Crippen LogP contribution is -2.53. The number of likely N-dealkylation sites (N-methyl/N-ethyl adjacent to an activating group) is 1. The molecule has 0 amide bonds. The van der Waals surface area contributed by atoms with Gasteiger partial charge in [0, 0.05) is 45.4 Å². The first-order valence-electron chi connectivity index (χ1n) is 5.30. The third kappa shape index (κ3) is 3.53. The fourth-order valence-electron chi connectivity index (χ4n) is 1.89. The maximum absolute atomic E-state index is 5.91. The summed E-state index contributed by atoms with van der Waals surface area (Å²) in [5.74, 6) is 0. The predicted octanol–water partition coefficient (Wildman–Crippen LogP) is -0.404. The van der Waals surface area contributed by atoms with Crippen LogP contribution in [0.3, 0.4) is 0 Å². The quantitative estimate of drug-likeness (QED) is 0.672. The minimum absolute atomic E-state index is 0.149. The lowest BCUT2D eigenvalue weighted by molar-refractivity contribution is 0.0868. The van der Waals surface area contributed by atoms with Crippen LogP contribution < -0.4 is 5.73 Å². The summed E-state index contributed by atoms with van der Waals surface area (Å²) in [7, 11) is 3.88. The Morgan fingerprint density at radius 1 is 1.50 bits per heavy atom. The molecule has 1 fully saturated rings. The molecule has 0 aromatic heterocycles. The van der Waals surface area contributed by atoms with Gasteiger partial charge in [-0.2, -0.15) is 0 Å². The Labute approximate surface area is 87.0 Å². The van der Waals surface area contributed by atoms with E-state index in [0.717, 1.165) is 26.2 Å². The Morgan fingerprint density at radius 3 is 2.79 bits per heavy atom. The molecule has 2 unspecified atom stereocenters. The minimum atomic E-state index is 0.149. The summed E-state index contributed by atoms with van der Waals surface area (Å²) >= 11 is 0. The summed E-state index contributed by atoms with van der Waals surface area (Å²) in [5.41, 5.74) is 5.91. The molecule has 1 aliphatic heterocycles. The van der Waals surface area contributed by atoms with E-state index in [1.807, 2.05) is 0 Å². The van der Waals surface area contributed by atoms with Crippen LogP contribution in [0.2, 0.25) is 0 Å². The lowest BCUT2D eigenvalue weighted by atomic mass is 10.2. The summed E-state index contributed by atoms with van der Waals surface area (Å²) < 4.78 is 5.03. The molecule has 1 rings (SSSR count). The molecule has 1 heterocycles. The van der Waals surface area contributed by atoms with E-state index in [1.165, 1.54) is 0 Å². The molecule has 1 aliphatic rings. The maximum atomic E-state index is 5.91. The van der Waals surface area contributed by atoms with Gasteiger partial charge in [0.15, 0.2) is 0 Å². The fourth-order valence-corrected chi connectivity index (χ4v) is 1.89. The van der Waals surface area contributed by atoms with E-state index in [1.54, 1.807) is 7.11 Å². The summed E-state index contributed by atoms with van der Waals surface area (Å²) in [4.78, 5) is 4.81. The highest BCUT2D eigenvalue weighted by Gasteiger charge is 2.21. The molecule has 0 radical (unpaired) electrons. The Balaban J connectivity index is 2.25. The van der Waals surface area contributed by atoms with Crippen molar-refractivity contribution in [3.63, 3.8) is 0 Å². The first-order valence-corrected chi connectivity index (χ1v) is 5.30. The Kier molecular flexibility index (Phi) is 4.81. The van der Waals surface area contributed by atoms with Crippen LogP contribution in [-0.4, -0.2) is 68.8 Å². The molecule has 0 saturated carbocycles. The smallest absolute Gasteiger partial charge is 0.0626 e. The van der Waals surface area contributed by atoms with E-state index in [0.29, 0.717) is 12.6 Å². The molecular weight excluding hydrogens is 178 g/mol. The summed E-state index contributed by atoms with van der Waals surface area (Å²) in [6.45, 7) is 7.24. The average molecular weight is 201 g/mol. The van der Waals surface area contributed by atoms with Gasteiger partial charge in [-0.25, -0.2) is 0 Å². The molecule has 0 aliphatic carbocycles. The first-order chi connectivity index (χ1) is 6.63. The summed E-state index contributed by atoms with van der Waals surface area (Å²) in [6.07, 6.45) is 0. The van der Waals surface area contributed by atoms with Crippen molar-refractivity contribution in [2.45, 2.75) is 19.0 Å². The molecule has 14 heavy (non-hydrogen) atoms. The van der Waals surface area contributed by atoms with Gasteiger partial charge in [0.1, 0.15) is 0 Å². The molecule has 0 aromatic carbocycles. The van der Waals surface area contributed by atoms with Crippen molar-refractivity contribution in [3.8, 4) is 0 Å². The van der Waals surface area contributed by atoms with Gasteiger partial charge in [0.2, 0.25) is 0 Å². The number of methoxy groups -OCH3 is 1. The first kappa shape index (κ1) is 11.9. The Bertz CT molecular complexity index is 165. The van der Waals surface area contributed by atoms with Crippen LogP contribution in [0.5, 0.6) is 0 Å². The van der Waals surface area contributed by atoms with Crippen LogP contribution in [0, 0.1) is 0 Å². The van der Waals surface area contributed by atoms with Gasteiger partial charge in [-0.05, 0) is 14.0 Å². The number of ether oxygens (including phenoxy) is 1. The largest absolute Gasteiger partial charge is 0.383 e. The molecule has 2 atom stereocenters. The predicted molar refractivity (Wildman–Crippen MR) is 58.4 cm³/mol. The number of piperazine rings is 1. The van der Waals surface area contributed by atoms with E-state index in [-0.39, 0.29) is 6.04 Å². The fraction of sp³-hybridized carbons (Fsp3) is 1.00. The van der Waals surface area contributed by atoms with Crippen LogP contribution >= 0.6 is 0 Å². The van der Waals surface area contributed by atoms with E-state index in [4.69, 9.17) is 10.5 Å². The third-order valence-electron chi connectivity index (χ3n) is 2.92. The van der Waals surface area contributed by atoms with E-state index >= 15 is 0 Å². The Hall–Kier alpha value is -0.160. The van der Waals surface area contributed by atoms with Crippen LogP contribution in [0.4, 0.5) is 0 Å². The Morgan fingerprint density at radius 2 is 2.21 bits per heavy atom. The van der Waals surface area contributed by atoms with Crippen LogP contribution in [0.1, 0.15) is 6.92 Å². The highest BCUT2D eigenvalue weighted by Crippen LogP contribution is 2.06. The molecule has 0 spiro atoms. The second-order valence-electron chi connectivity index (χ2n) is 4.30. The van der Waals surface area contributed by atoms with Gasteiger partial charge in [-0.3, -0.25) is 4.90 Å². The standard InChI is InChI=1S/C10H23N3O/c1-9-6-13(5-4-12(9)2)7-10(11)8-14-3/h9-10H,4-8,11H2,1-3H3. The SMILES string of the molecule is COCC(N)CN1CCN(C)C(C)C1. The van der Waals surface area contributed by atoms with Gasteiger partial charge < -0.3 is 15.4 Å². The highest BCUT2D eigenvalue weighted by molar-refractivity contribution is 4.79. The number of hydrogen-bond acceptors (Lipinski definition) is 4. The number of hydrogen-bond donors (Lipinski definition) is 1. The molecule has 4 heteroatoms. The van der Waals surface area contributed by atoms with E-state index in [2.05, 4.69) is 23.8 Å². The second-order valence-corrected chi connectivity index (χ2v) is 4.30. The zero-order valence-electron chi connectivity index (χ0n) is 9.57. The molecule has 1 saturated heterocycles. The van der Waals surface area contributed by atoms with Gasteiger partial charge >= 0.3 is 0 Å². The summed E-state index contributed by atoms with van der Waals surface area (Å²) in [6, 6.07) is 0.786. The van der Waals surface area contributed by atoms with Gasteiger partial charge in [0.05, 0.1) is 6.61 Å². The normalized spacial score (nSPS) is 27.9. The van der Waals surface area contributed by atoms with Crippen molar-refractivity contribution in [2.75, 3.05) is 46.9 Å². The zero-order valence-corrected chi connectivity index (χ0v) is 9.57. The number of nitrogens with two attached hydrogens (primary N) is 1. The van der Waals surface area contributed by atoms with E-state index in [9.17, 15) is 0 Å². The molecule has 2 N–H and O–H groups in total. The van der Waals surface area contributed by atoms with Crippen molar-refractivity contribution in [1.29, 1.82) is 0 Å². The van der Waals surface area contributed by atoms with Gasteiger partial charge in [0.25, 0.3) is 0 Å². The van der Waals surface area contributed by atoms with Gasteiger partial charge in [-0.15, -0.1) is 0 Å². The van der Waals surface area contributed by atoms with Crippen LogP contribution in [-0.2, 0) is 4.74 Å². The maximum Gasteiger partial charge on any atom is 0.0626 e. The third-order valence-corrected chi connectivity index (χ3v) is 2.92.